The molecule has 1 atom stereocenters. The number of carbonyl (C=O) groups is 3. The number of rotatable bonds is 14. The summed E-state index contributed by atoms with van der Waals surface area (Å²) in [5.74, 6) is -0.747. The maximum absolute atomic E-state index is 14.3. The van der Waals surface area contributed by atoms with Crippen LogP contribution in [0.25, 0.3) is 6.08 Å². The third kappa shape index (κ3) is 11.5. The summed E-state index contributed by atoms with van der Waals surface area (Å²) in [7, 11) is 1.65. The fraction of sp³-hybridized carbons (Fsp3) is 0.302. The van der Waals surface area contributed by atoms with Gasteiger partial charge in [-0.15, -0.1) is 0 Å². The van der Waals surface area contributed by atoms with Crippen LogP contribution in [0.4, 0.5) is 18.9 Å². The van der Waals surface area contributed by atoms with E-state index >= 15 is 0 Å². The second kappa shape index (κ2) is 18.9. The van der Waals surface area contributed by atoms with E-state index in [1.165, 1.54) is 34.1 Å². The predicted octanol–water partition coefficient (Wildman–Crippen LogP) is 6.57. The molecule has 1 heterocycles. The van der Waals surface area contributed by atoms with Crippen LogP contribution in [0, 0.1) is 11.3 Å². The van der Waals surface area contributed by atoms with Gasteiger partial charge in [0, 0.05) is 71.4 Å². The molecule has 5 rings (SSSR count). The number of hydrogen-bond acceptors (Lipinski definition) is 6. The molecule has 1 aliphatic rings. The maximum Gasteiger partial charge on any atom is 0.416 e. The average Bonchev–Trinajstić information content (AvgIpc) is 3.20. The summed E-state index contributed by atoms with van der Waals surface area (Å²) in [6.07, 6.45) is -1.54. The Kier molecular flexibility index (Phi) is 13.8. The standard InChI is InChI=1S/C43H44F3N5O4/c1-32(52)49-21-23-50(24-22-49)39-18-13-35(14-19-39)30-51(41(53)20-15-33-11-16-38(17-12-33)43(44,45)46)40(28-34-7-4-3-5-8-34)42(54)48(2)25-26-55-31-37-10-6-9-36(27-37)29-47/h3-20,27,40H,21-26,28,30-31H2,1-2H3/t40-/m0/s1. The normalized spacial score (nSPS) is 13.7. The number of likely N-dealkylation sites (N-methyl/N-ethyl adjacent to an activating group) is 1. The van der Waals surface area contributed by atoms with Crippen LogP contribution in [0.5, 0.6) is 0 Å². The molecule has 0 aliphatic carbocycles. The lowest BCUT2D eigenvalue weighted by molar-refractivity contribution is -0.143. The number of carbonyl (C=O) groups excluding carboxylic acids is 3. The van der Waals surface area contributed by atoms with Gasteiger partial charge in [0.1, 0.15) is 6.04 Å². The van der Waals surface area contributed by atoms with Gasteiger partial charge in [-0.1, -0.05) is 66.7 Å². The van der Waals surface area contributed by atoms with Crippen molar-refractivity contribution in [1.29, 1.82) is 5.26 Å². The molecule has 0 spiro atoms. The number of nitriles is 1. The van der Waals surface area contributed by atoms with Crippen LogP contribution in [0.15, 0.2) is 109 Å². The molecule has 1 fully saturated rings. The summed E-state index contributed by atoms with van der Waals surface area (Å²) in [5, 5.41) is 9.20. The first-order chi connectivity index (χ1) is 26.4. The minimum absolute atomic E-state index is 0.0483. The van der Waals surface area contributed by atoms with Crippen molar-refractivity contribution in [2.75, 3.05) is 51.3 Å². The summed E-state index contributed by atoms with van der Waals surface area (Å²) >= 11 is 0. The van der Waals surface area contributed by atoms with Gasteiger partial charge in [-0.2, -0.15) is 18.4 Å². The number of halogens is 3. The number of nitrogens with zero attached hydrogens (tertiary/aromatic N) is 5. The first kappa shape index (κ1) is 40.3. The molecule has 0 bridgehead atoms. The average molecular weight is 752 g/mol. The van der Waals surface area contributed by atoms with E-state index in [1.54, 1.807) is 32.2 Å². The first-order valence-corrected chi connectivity index (χ1v) is 18.0. The van der Waals surface area contributed by atoms with Crippen LogP contribution >= 0.6 is 0 Å². The molecule has 1 saturated heterocycles. The largest absolute Gasteiger partial charge is 0.416 e. The minimum Gasteiger partial charge on any atom is -0.375 e. The number of benzene rings is 4. The Labute approximate surface area is 319 Å². The number of amides is 3. The van der Waals surface area contributed by atoms with Gasteiger partial charge in [0.05, 0.1) is 30.4 Å². The van der Waals surface area contributed by atoms with Gasteiger partial charge in [-0.25, -0.2) is 0 Å². The molecule has 0 radical (unpaired) electrons. The van der Waals surface area contributed by atoms with Crippen LogP contribution < -0.4 is 4.90 Å². The highest BCUT2D eigenvalue weighted by Crippen LogP contribution is 2.29. The second-order valence-electron chi connectivity index (χ2n) is 13.4. The monoisotopic (exact) mass is 751 g/mol. The Morgan fingerprint density at radius 3 is 2.18 bits per heavy atom. The van der Waals surface area contributed by atoms with Crippen molar-refractivity contribution in [3.05, 3.63) is 143 Å². The highest BCUT2D eigenvalue weighted by Gasteiger charge is 2.32. The molecule has 0 aromatic heterocycles. The van der Waals surface area contributed by atoms with Crippen LogP contribution in [0.1, 0.15) is 40.3 Å². The minimum atomic E-state index is -4.49. The third-order valence-electron chi connectivity index (χ3n) is 9.52. The van der Waals surface area contributed by atoms with Gasteiger partial charge in [0.15, 0.2) is 0 Å². The molecule has 3 amide bonds. The molecular weight excluding hydrogens is 707 g/mol. The van der Waals surface area contributed by atoms with Crippen molar-refractivity contribution in [2.24, 2.45) is 0 Å². The van der Waals surface area contributed by atoms with Crippen LogP contribution in [0.2, 0.25) is 0 Å². The molecule has 0 saturated carbocycles. The molecule has 55 heavy (non-hydrogen) atoms. The highest BCUT2D eigenvalue weighted by molar-refractivity contribution is 5.95. The molecule has 286 valence electrons. The predicted molar refractivity (Wildman–Crippen MR) is 204 cm³/mol. The Bertz CT molecular complexity index is 1970. The number of alkyl halides is 3. The first-order valence-electron chi connectivity index (χ1n) is 18.0. The van der Waals surface area contributed by atoms with E-state index in [9.17, 15) is 32.8 Å². The summed E-state index contributed by atoms with van der Waals surface area (Å²) in [6.45, 7) is 4.97. The van der Waals surface area contributed by atoms with E-state index in [2.05, 4.69) is 11.0 Å². The van der Waals surface area contributed by atoms with Gasteiger partial charge in [0.25, 0.3) is 0 Å². The van der Waals surface area contributed by atoms with Crippen molar-refractivity contribution in [3.63, 3.8) is 0 Å². The van der Waals surface area contributed by atoms with Gasteiger partial charge < -0.3 is 24.3 Å². The molecule has 4 aromatic carbocycles. The summed E-state index contributed by atoms with van der Waals surface area (Å²) in [5.41, 5.74) is 3.55. The topological polar surface area (TPSA) is 97.2 Å². The quantitative estimate of drug-likeness (QED) is 0.107. The zero-order valence-electron chi connectivity index (χ0n) is 30.9. The van der Waals surface area contributed by atoms with Crippen molar-refractivity contribution in [1.82, 2.24) is 14.7 Å². The number of hydrogen-bond donors (Lipinski definition) is 0. The zero-order valence-corrected chi connectivity index (χ0v) is 30.9. The molecule has 1 aliphatic heterocycles. The van der Waals surface area contributed by atoms with Crippen LogP contribution in [-0.2, 0) is 44.9 Å². The van der Waals surface area contributed by atoms with Gasteiger partial charge in [-0.3, -0.25) is 14.4 Å². The highest BCUT2D eigenvalue weighted by atomic mass is 19.4. The maximum atomic E-state index is 14.3. The molecule has 12 heteroatoms. The van der Waals surface area contributed by atoms with Gasteiger partial charge in [0.2, 0.25) is 17.7 Å². The lowest BCUT2D eigenvalue weighted by atomic mass is 10.0. The fourth-order valence-electron chi connectivity index (χ4n) is 6.33. The van der Waals surface area contributed by atoms with Crippen molar-refractivity contribution < 1.29 is 32.3 Å². The molecule has 9 nitrogen and oxygen atoms in total. The molecule has 0 N–H and O–H groups in total. The molecular formula is C43H44F3N5O4. The van der Waals surface area contributed by atoms with E-state index in [-0.39, 0.29) is 44.5 Å². The summed E-state index contributed by atoms with van der Waals surface area (Å²) in [4.78, 5) is 47.4. The number of piperazine rings is 1. The zero-order chi connectivity index (χ0) is 39.4. The van der Waals surface area contributed by atoms with E-state index < -0.39 is 23.7 Å². The van der Waals surface area contributed by atoms with Crippen LogP contribution in [-0.4, -0.2) is 84.8 Å². The summed E-state index contributed by atoms with van der Waals surface area (Å²) < 4.78 is 45.4. The Morgan fingerprint density at radius 2 is 1.55 bits per heavy atom. The van der Waals surface area contributed by atoms with E-state index in [4.69, 9.17) is 4.74 Å². The lowest BCUT2D eigenvalue weighted by Crippen LogP contribution is -2.51. The summed E-state index contributed by atoms with van der Waals surface area (Å²) in [6, 6.07) is 29.9. The van der Waals surface area contributed by atoms with E-state index in [0.717, 1.165) is 34.5 Å². The van der Waals surface area contributed by atoms with E-state index in [1.807, 2.05) is 65.6 Å². The van der Waals surface area contributed by atoms with Gasteiger partial charge in [-0.05, 0) is 64.7 Å². The Hall–Kier alpha value is -5.93. The smallest absolute Gasteiger partial charge is 0.375 e. The number of ether oxygens (including phenoxy) is 1. The number of anilines is 1. The van der Waals surface area contributed by atoms with Crippen molar-refractivity contribution in [3.8, 4) is 6.07 Å². The van der Waals surface area contributed by atoms with Gasteiger partial charge >= 0.3 is 6.18 Å². The second-order valence-corrected chi connectivity index (χ2v) is 13.4. The lowest BCUT2D eigenvalue weighted by Gasteiger charge is -2.36. The third-order valence-corrected chi connectivity index (χ3v) is 9.52. The molecule has 4 aromatic rings. The van der Waals surface area contributed by atoms with Crippen LogP contribution in [0.3, 0.4) is 0 Å². The Morgan fingerprint density at radius 1 is 0.873 bits per heavy atom. The van der Waals surface area contributed by atoms with Crippen molar-refractivity contribution in [2.45, 2.75) is 38.7 Å². The van der Waals surface area contributed by atoms with Crippen molar-refractivity contribution >= 4 is 29.5 Å². The SMILES string of the molecule is CC(=O)N1CCN(c2ccc(CN(C(=O)C=Cc3ccc(C(F)(F)F)cc3)[C@@H](Cc3ccccc3)C(=O)N(C)CCOCc3cccc(C#N)c3)cc2)CC1. The fourth-order valence-corrected chi connectivity index (χ4v) is 6.33. The molecule has 0 unspecified atom stereocenters. The van der Waals surface area contributed by atoms with E-state index in [0.29, 0.717) is 37.3 Å². The Balaban J connectivity index is 1.38.